The minimum Gasteiger partial charge on any atom is -0.400 e. The fourth-order valence-corrected chi connectivity index (χ4v) is 8.48. The van der Waals surface area contributed by atoms with E-state index < -0.39 is 0 Å². The fourth-order valence-electron chi connectivity index (χ4n) is 8.30. The van der Waals surface area contributed by atoms with Gasteiger partial charge in [0.25, 0.3) is 0 Å². The molecule has 0 aliphatic carbocycles. The van der Waals surface area contributed by atoms with E-state index in [1.165, 1.54) is 120 Å². The molecule has 0 saturated heterocycles. The molecule has 3 aromatic rings. The van der Waals surface area contributed by atoms with Crippen molar-refractivity contribution in [2.24, 2.45) is 5.92 Å². The van der Waals surface area contributed by atoms with Gasteiger partial charge in [0.05, 0.1) is 0 Å². The molecule has 11 nitrogen and oxygen atoms in total. The third-order valence-electron chi connectivity index (χ3n) is 12.9. The Hall–Kier alpha value is -2.49. The maximum absolute atomic E-state index is 7.00. The second-order valence-corrected chi connectivity index (χ2v) is 19.0. The monoisotopic (exact) mass is 1010 g/mol. The van der Waals surface area contributed by atoms with E-state index in [-0.39, 0.29) is 0 Å². The SMILES string of the molecule is CCCCCCN(CCNCC)CCN(CC)CCNCCNC.CCCN(CCc1ccccc1)CCC(CCNC)CCN(C)CCN(CCNC)Cc1ccccc1.CO.ClCc1ccccc1. The summed E-state index contributed by atoms with van der Waals surface area (Å²) in [5.74, 6) is 1.39. The van der Waals surface area contributed by atoms with Gasteiger partial charge in [0.15, 0.2) is 0 Å². The highest BCUT2D eigenvalue weighted by Crippen LogP contribution is 2.16. The predicted octanol–water partition coefficient (Wildman–Crippen LogP) is 8.24. The molecule has 1 unspecified atom stereocenters. The third-order valence-corrected chi connectivity index (χ3v) is 13.2. The van der Waals surface area contributed by atoms with Gasteiger partial charge in [-0.15, -0.1) is 11.6 Å². The van der Waals surface area contributed by atoms with E-state index in [0.717, 1.165) is 105 Å². The van der Waals surface area contributed by atoms with Crippen molar-refractivity contribution >= 4 is 11.6 Å². The Bertz CT molecular complexity index is 1470. The van der Waals surface area contributed by atoms with Crippen LogP contribution < -0.4 is 26.6 Å². The van der Waals surface area contributed by atoms with Gasteiger partial charge in [-0.05, 0) is 135 Å². The summed E-state index contributed by atoms with van der Waals surface area (Å²) in [5.41, 5.74) is 4.03. The number of nitrogens with one attached hydrogen (secondary N) is 5. The first kappa shape index (κ1) is 68.5. The number of alkyl halides is 1. The first-order chi connectivity index (χ1) is 34.8. The number of aliphatic hydroxyl groups is 1. The molecule has 0 radical (unpaired) electrons. The van der Waals surface area contributed by atoms with Crippen LogP contribution in [0.25, 0.3) is 0 Å². The van der Waals surface area contributed by atoms with Crippen LogP contribution in [0.5, 0.6) is 0 Å². The number of halogens is 1. The van der Waals surface area contributed by atoms with Crippen LogP contribution in [0.1, 0.15) is 95.8 Å². The van der Waals surface area contributed by atoms with Crippen molar-refractivity contribution in [2.45, 2.75) is 97.9 Å². The number of unbranched alkanes of at least 4 members (excludes halogenated alkanes) is 3. The summed E-state index contributed by atoms with van der Waals surface area (Å²) in [5, 5.41) is 23.8. The molecule has 0 fully saturated rings. The number of nitrogens with zero attached hydrogens (tertiary/aromatic N) is 5. The summed E-state index contributed by atoms with van der Waals surface area (Å²) in [7, 11) is 9.43. The molecule has 0 bridgehead atoms. The Labute approximate surface area is 443 Å². The van der Waals surface area contributed by atoms with Crippen LogP contribution in [0.2, 0.25) is 0 Å². The molecule has 1 atom stereocenters. The minimum atomic E-state index is 0.612. The van der Waals surface area contributed by atoms with Crippen LogP contribution in [0.4, 0.5) is 0 Å². The summed E-state index contributed by atoms with van der Waals surface area (Å²) < 4.78 is 0. The summed E-state index contributed by atoms with van der Waals surface area (Å²) in [6.07, 6.45) is 11.6. The van der Waals surface area contributed by atoms with E-state index in [2.05, 4.69) is 154 Å². The van der Waals surface area contributed by atoms with Gasteiger partial charge in [0.2, 0.25) is 0 Å². The lowest BCUT2D eigenvalue weighted by Crippen LogP contribution is -2.41. The molecule has 3 aromatic carbocycles. The van der Waals surface area contributed by atoms with Crippen molar-refractivity contribution in [3.8, 4) is 0 Å². The molecule has 0 spiro atoms. The van der Waals surface area contributed by atoms with Crippen molar-refractivity contribution in [3.05, 3.63) is 108 Å². The number of aliphatic hydroxyl groups excluding tert-OH is 1. The summed E-state index contributed by atoms with van der Waals surface area (Å²) in [6, 6.07) is 31.8. The van der Waals surface area contributed by atoms with Gasteiger partial charge >= 0.3 is 0 Å². The van der Waals surface area contributed by atoms with Crippen molar-refractivity contribution in [2.75, 3.05) is 166 Å². The summed E-state index contributed by atoms with van der Waals surface area (Å²) in [4.78, 5) is 13.0. The molecular weight excluding hydrogens is 900 g/mol. The first-order valence-electron chi connectivity index (χ1n) is 27.9. The Morgan fingerprint density at radius 3 is 1.58 bits per heavy atom. The van der Waals surface area contributed by atoms with Gasteiger partial charge in [-0.25, -0.2) is 0 Å². The topological polar surface area (TPSA) is 96.6 Å². The van der Waals surface area contributed by atoms with Crippen LogP contribution in [0.15, 0.2) is 91.0 Å². The molecule has 0 amide bonds. The summed E-state index contributed by atoms with van der Waals surface area (Å²) >= 11 is 5.53. The predicted molar refractivity (Wildman–Crippen MR) is 313 cm³/mol. The van der Waals surface area contributed by atoms with Gasteiger partial charge in [-0.3, -0.25) is 4.90 Å². The van der Waals surface area contributed by atoms with Crippen molar-refractivity contribution in [1.29, 1.82) is 0 Å². The van der Waals surface area contributed by atoms with Gasteiger partial charge in [0, 0.05) is 105 Å². The summed E-state index contributed by atoms with van der Waals surface area (Å²) in [6.45, 7) is 32.8. The van der Waals surface area contributed by atoms with Crippen LogP contribution >= 0.6 is 11.6 Å². The van der Waals surface area contributed by atoms with E-state index in [4.69, 9.17) is 16.7 Å². The zero-order chi connectivity index (χ0) is 52.3. The molecule has 0 aliphatic rings. The van der Waals surface area contributed by atoms with Crippen LogP contribution in [-0.4, -0.2) is 196 Å². The number of likely N-dealkylation sites (N-methyl/N-ethyl adjacent to an activating group) is 5. The highest BCUT2D eigenvalue weighted by Gasteiger charge is 2.15. The second kappa shape index (κ2) is 52.4. The zero-order valence-corrected chi connectivity index (χ0v) is 48.0. The van der Waals surface area contributed by atoms with Gasteiger partial charge in [0.1, 0.15) is 0 Å². The van der Waals surface area contributed by atoms with E-state index in [9.17, 15) is 0 Å². The van der Waals surface area contributed by atoms with Crippen LogP contribution in [0, 0.1) is 5.92 Å². The smallest absolute Gasteiger partial charge is 0.0474 e. The quantitative estimate of drug-likeness (QED) is 0.0245. The lowest BCUT2D eigenvalue weighted by atomic mass is 9.96. The Morgan fingerprint density at radius 1 is 0.451 bits per heavy atom. The molecule has 6 N–H and O–H groups in total. The molecule has 0 aromatic heterocycles. The Kier molecular flexibility index (Phi) is 50.5. The number of rotatable bonds is 42. The highest BCUT2D eigenvalue weighted by atomic mass is 35.5. The number of hydrogen-bond donors (Lipinski definition) is 6. The van der Waals surface area contributed by atoms with Gasteiger partial charge in [-0.2, -0.15) is 0 Å². The molecule has 410 valence electrons. The lowest BCUT2D eigenvalue weighted by molar-refractivity contribution is 0.203. The molecule has 0 aliphatic heterocycles. The minimum absolute atomic E-state index is 0.612. The fraction of sp³-hybridized carbons (Fsp3) is 0.695. The third kappa shape index (κ3) is 41.5. The molecule has 71 heavy (non-hydrogen) atoms. The maximum atomic E-state index is 7.00. The average molecular weight is 1010 g/mol. The average Bonchev–Trinajstić information content (AvgIpc) is 3.41. The molecule has 0 saturated carbocycles. The van der Waals surface area contributed by atoms with E-state index >= 15 is 0 Å². The molecular formula is C59H111ClN10O. The Morgan fingerprint density at radius 2 is 1.00 bits per heavy atom. The maximum Gasteiger partial charge on any atom is 0.0474 e. The standard InChI is InChI=1S/C32H55N5.C19H45N5.C7H7Cl.CH4O/c1-5-22-36(24-18-30-12-8-6-9-13-30)25-19-31(16-20-33-2)17-23-35(4)27-28-37(26-21-34-3)29-32-14-10-7-11-15-32;1-5-8-9-10-15-24(17-13-21-6-2)19-18-23(7-3)16-14-22-12-11-20-4;8-6-7-4-2-1-3-5-7;1-2/h6-15,31,33-34H,5,16-29H2,1-4H3;20-22H,5-19H2,1-4H3;1-5H,6H2;2H,1H3. The van der Waals surface area contributed by atoms with Crippen LogP contribution in [-0.2, 0) is 18.8 Å². The Balaban J connectivity index is 0.00000122. The zero-order valence-electron chi connectivity index (χ0n) is 47.2. The number of benzene rings is 3. The first-order valence-corrected chi connectivity index (χ1v) is 28.4. The van der Waals surface area contributed by atoms with Crippen molar-refractivity contribution in [1.82, 2.24) is 51.1 Å². The van der Waals surface area contributed by atoms with Crippen LogP contribution in [0.3, 0.4) is 0 Å². The number of hydrogen-bond acceptors (Lipinski definition) is 11. The lowest BCUT2D eigenvalue weighted by Gasteiger charge is -2.28. The molecule has 0 heterocycles. The highest BCUT2D eigenvalue weighted by molar-refractivity contribution is 6.17. The van der Waals surface area contributed by atoms with E-state index in [1.807, 2.05) is 44.4 Å². The largest absolute Gasteiger partial charge is 0.400 e. The molecule has 12 heteroatoms. The van der Waals surface area contributed by atoms with E-state index in [1.54, 1.807) is 0 Å². The van der Waals surface area contributed by atoms with Crippen molar-refractivity contribution < 1.29 is 5.11 Å². The van der Waals surface area contributed by atoms with Gasteiger partial charge < -0.3 is 51.3 Å². The van der Waals surface area contributed by atoms with Crippen molar-refractivity contribution in [3.63, 3.8) is 0 Å². The normalized spacial score (nSPS) is 11.7. The second-order valence-electron chi connectivity index (χ2n) is 18.7. The molecule has 3 rings (SSSR count). The van der Waals surface area contributed by atoms with E-state index in [0.29, 0.717) is 5.88 Å². The van der Waals surface area contributed by atoms with Gasteiger partial charge in [-0.1, -0.05) is 138 Å².